The van der Waals surface area contributed by atoms with Gasteiger partial charge in [0.25, 0.3) is 0 Å². The molecule has 2 nitrogen and oxygen atoms in total. The number of rotatable bonds is 3. The maximum Gasteiger partial charge on any atom is 0.226 e. The van der Waals surface area contributed by atoms with Gasteiger partial charge in [-0.1, -0.05) is 6.07 Å². The monoisotopic (exact) mass is 319 g/mol. The lowest BCUT2D eigenvalue weighted by atomic mass is 9.49. The lowest BCUT2D eigenvalue weighted by molar-refractivity contribution is -0.147. The number of nitrogens with one attached hydrogen (secondary N) is 1. The summed E-state index contributed by atoms with van der Waals surface area (Å²) in [5.41, 5.74) is 0.115. The van der Waals surface area contributed by atoms with Crippen LogP contribution in [0.5, 0.6) is 0 Å². The maximum atomic E-state index is 13.9. The van der Waals surface area contributed by atoms with Crippen LogP contribution in [0.4, 0.5) is 8.78 Å². The van der Waals surface area contributed by atoms with Crippen LogP contribution in [0, 0.1) is 34.8 Å². The molecule has 0 aliphatic heterocycles. The highest BCUT2D eigenvalue weighted by atomic mass is 19.1. The van der Waals surface area contributed by atoms with Gasteiger partial charge in [0.05, 0.1) is 6.04 Å². The average molecular weight is 319 g/mol. The predicted molar refractivity (Wildman–Crippen MR) is 83.5 cm³/mol. The molecule has 0 radical (unpaired) electrons. The van der Waals surface area contributed by atoms with E-state index in [4.69, 9.17) is 0 Å². The lowest BCUT2D eigenvalue weighted by Crippen LogP contribution is -2.53. The number of benzene rings is 1. The fourth-order valence-corrected chi connectivity index (χ4v) is 5.67. The van der Waals surface area contributed by atoms with Crippen LogP contribution < -0.4 is 5.32 Å². The first kappa shape index (κ1) is 15.1. The third-order valence-corrected chi connectivity index (χ3v) is 6.30. The lowest BCUT2D eigenvalue weighted by Gasteiger charge is -2.55. The van der Waals surface area contributed by atoms with Gasteiger partial charge in [0.15, 0.2) is 0 Å². The van der Waals surface area contributed by atoms with Crippen molar-refractivity contribution in [1.29, 1.82) is 0 Å². The Labute approximate surface area is 135 Å². The van der Waals surface area contributed by atoms with Crippen molar-refractivity contribution in [3.8, 4) is 0 Å². The number of halogens is 2. The number of carbonyl (C=O) groups is 1. The molecular formula is C19H23F2NO. The second kappa shape index (κ2) is 5.29. The molecule has 4 aliphatic rings. The number of hydrogen-bond acceptors (Lipinski definition) is 1. The Morgan fingerprint density at radius 1 is 1.13 bits per heavy atom. The van der Waals surface area contributed by atoms with Gasteiger partial charge >= 0.3 is 0 Å². The molecule has 1 unspecified atom stereocenters. The van der Waals surface area contributed by atoms with Crippen molar-refractivity contribution in [3.05, 3.63) is 35.4 Å². The van der Waals surface area contributed by atoms with Crippen molar-refractivity contribution < 1.29 is 13.6 Å². The van der Waals surface area contributed by atoms with Crippen molar-refractivity contribution in [2.45, 2.75) is 51.5 Å². The van der Waals surface area contributed by atoms with Crippen molar-refractivity contribution in [1.82, 2.24) is 5.32 Å². The van der Waals surface area contributed by atoms with Crippen molar-refractivity contribution in [3.63, 3.8) is 0 Å². The minimum absolute atomic E-state index is 0.0767. The van der Waals surface area contributed by atoms with Crippen LogP contribution in [0.3, 0.4) is 0 Å². The molecule has 1 N–H and O–H groups in total. The number of hydrogen-bond donors (Lipinski definition) is 1. The first-order valence-electron chi connectivity index (χ1n) is 8.71. The fraction of sp³-hybridized carbons (Fsp3) is 0.632. The van der Waals surface area contributed by atoms with Crippen molar-refractivity contribution >= 4 is 5.91 Å². The van der Waals surface area contributed by atoms with E-state index in [1.165, 1.54) is 31.4 Å². The number of amides is 1. The summed E-state index contributed by atoms with van der Waals surface area (Å²) in [6.45, 7) is 1.77. The summed E-state index contributed by atoms with van der Waals surface area (Å²) in [6, 6.07) is 3.11. The van der Waals surface area contributed by atoms with Crippen LogP contribution in [0.2, 0.25) is 0 Å². The molecule has 5 rings (SSSR count). The highest BCUT2D eigenvalue weighted by Crippen LogP contribution is 2.60. The van der Waals surface area contributed by atoms with Gasteiger partial charge in [0.2, 0.25) is 5.91 Å². The molecule has 0 spiro atoms. The van der Waals surface area contributed by atoms with Crippen LogP contribution in [-0.2, 0) is 4.79 Å². The van der Waals surface area contributed by atoms with Crippen LogP contribution in [-0.4, -0.2) is 5.91 Å². The summed E-state index contributed by atoms with van der Waals surface area (Å²) in [6.07, 6.45) is 6.83. The highest BCUT2D eigenvalue weighted by molar-refractivity contribution is 5.83. The van der Waals surface area contributed by atoms with Crippen LogP contribution in [0.15, 0.2) is 18.2 Å². The topological polar surface area (TPSA) is 29.1 Å². The van der Waals surface area contributed by atoms with E-state index >= 15 is 0 Å². The molecular weight excluding hydrogens is 296 g/mol. The van der Waals surface area contributed by atoms with E-state index in [9.17, 15) is 13.6 Å². The Kier molecular flexibility index (Phi) is 3.47. The molecule has 23 heavy (non-hydrogen) atoms. The molecule has 1 atom stereocenters. The van der Waals surface area contributed by atoms with Gasteiger partial charge < -0.3 is 5.32 Å². The molecule has 4 heteroatoms. The van der Waals surface area contributed by atoms with Gasteiger partial charge in [0, 0.05) is 17.0 Å². The largest absolute Gasteiger partial charge is 0.349 e. The summed E-state index contributed by atoms with van der Waals surface area (Å²) in [5, 5.41) is 3.01. The van der Waals surface area contributed by atoms with E-state index in [0.29, 0.717) is 23.3 Å². The van der Waals surface area contributed by atoms with Crippen LogP contribution in [0.25, 0.3) is 0 Å². The normalized spacial score (nSPS) is 36.0. The Morgan fingerprint density at radius 2 is 1.70 bits per heavy atom. The van der Waals surface area contributed by atoms with E-state index < -0.39 is 17.7 Å². The van der Waals surface area contributed by atoms with Crippen LogP contribution >= 0.6 is 0 Å². The molecule has 0 saturated heterocycles. The average Bonchev–Trinajstić information content (AvgIpc) is 2.45. The van der Waals surface area contributed by atoms with E-state index in [2.05, 4.69) is 5.32 Å². The van der Waals surface area contributed by atoms with Gasteiger partial charge in [-0.25, -0.2) is 8.78 Å². The quantitative estimate of drug-likeness (QED) is 0.881. The first-order chi connectivity index (χ1) is 10.9. The van der Waals surface area contributed by atoms with E-state index in [-0.39, 0.29) is 11.3 Å². The highest BCUT2D eigenvalue weighted by Gasteiger charge is 2.54. The smallest absolute Gasteiger partial charge is 0.226 e. The molecule has 1 amide bonds. The molecule has 4 aliphatic carbocycles. The minimum atomic E-state index is -0.594. The third-order valence-electron chi connectivity index (χ3n) is 6.30. The molecule has 1 aromatic carbocycles. The first-order valence-corrected chi connectivity index (χ1v) is 8.71. The second-order valence-electron chi connectivity index (χ2n) is 8.06. The zero-order valence-electron chi connectivity index (χ0n) is 13.4. The Bertz CT molecular complexity index is 607. The van der Waals surface area contributed by atoms with Gasteiger partial charge in [-0.05, 0) is 69.3 Å². The molecule has 124 valence electrons. The SMILES string of the molecule is CC(NC(=O)C12CC3CC(CC(C3)C1)C2)c1ccc(F)cc1F. The summed E-state index contributed by atoms with van der Waals surface area (Å²) >= 11 is 0. The molecule has 0 heterocycles. The fourth-order valence-electron chi connectivity index (χ4n) is 5.67. The van der Waals surface area contributed by atoms with E-state index in [1.807, 2.05) is 0 Å². The minimum Gasteiger partial charge on any atom is -0.349 e. The Balaban J connectivity index is 1.51. The third kappa shape index (κ3) is 2.56. The maximum absolute atomic E-state index is 13.9. The summed E-state index contributed by atoms with van der Waals surface area (Å²) in [5.74, 6) is 0.988. The van der Waals surface area contributed by atoms with Crippen molar-refractivity contribution in [2.24, 2.45) is 23.2 Å². The van der Waals surface area contributed by atoms with Gasteiger partial charge in [-0.2, -0.15) is 0 Å². The zero-order valence-corrected chi connectivity index (χ0v) is 13.4. The summed E-state index contributed by atoms with van der Waals surface area (Å²) in [4.78, 5) is 13.0. The van der Waals surface area contributed by atoms with E-state index in [1.54, 1.807) is 6.92 Å². The summed E-state index contributed by atoms with van der Waals surface area (Å²) < 4.78 is 27.0. The van der Waals surface area contributed by atoms with Gasteiger partial charge in [0.1, 0.15) is 11.6 Å². The zero-order chi connectivity index (χ0) is 16.2. The molecule has 0 aromatic heterocycles. The summed E-state index contributed by atoms with van der Waals surface area (Å²) in [7, 11) is 0. The molecule has 4 fully saturated rings. The standard InChI is InChI=1S/C19H23F2NO/c1-11(16-3-2-15(20)7-17(16)21)22-18(23)19-8-12-4-13(9-19)6-14(5-12)10-19/h2-3,7,11-14H,4-6,8-10H2,1H3,(H,22,23). The molecule has 4 saturated carbocycles. The van der Waals surface area contributed by atoms with E-state index in [0.717, 1.165) is 25.3 Å². The Morgan fingerprint density at radius 3 is 2.22 bits per heavy atom. The Hall–Kier alpha value is -1.45. The predicted octanol–water partition coefficient (Wildman–Crippen LogP) is 4.36. The number of carbonyl (C=O) groups excluding carboxylic acids is 1. The van der Waals surface area contributed by atoms with Crippen molar-refractivity contribution in [2.75, 3.05) is 0 Å². The second-order valence-corrected chi connectivity index (χ2v) is 8.06. The molecule has 1 aromatic rings. The van der Waals surface area contributed by atoms with Gasteiger partial charge in [-0.15, -0.1) is 0 Å². The van der Waals surface area contributed by atoms with Crippen LogP contribution in [0.1, 0.15) is 57.1 Å². The molecule has 4 bridgehead atoms. The van der Waals surface area contributed by atoms with Gasteiger partial charge in [-0.3, -0.25) is 4.79 Å².